The second kappa shape index (κ2) is 8.84. The molecule has 1 N–H and O–H groups in total. The van der Waals surface area contributed by atoms with Crippen molar-refractivity contribution in [3.05, 3.63) is 53.1 Å². The van der Waals surface area contributed by atoms with E-state index in [0.29, 0.717) is 22.3 Å². The van der Waals surface area contributed by atoms with E-state index in [2.05, 4.69) is 5.32 Å². The Hall–Kier alpha value is -2.93. The first kappa shape index (κ1) is 19.8. The molecule has 0 bridgehead atoms. The van der Waals surface area contributed by atoms with Crippen LogP contribution in [0.1, 0.15) is 19.4 Å². The number of fused-ring (bicyclic) bond motifs is 1. The van der Waals surface area contributed by atoms with Gasteiger partial charge in [0.05, 0.1) is 0 Å². The summed E-state index contributed by atoms with van der Waals surface area (Å²) in [5, 5.41) is 3.29. The number of hydrogen-bond donors (Lipinski definition) is 1. The molecule has 2 aromatic rings. The molecule has 0 aromatic heterocycles. The smallest absolute Gasteiger partial charge is 0.347 e. The second-order valence-corrected chi connectivity index (χ2v) is 6.63. The van der Waals surface area contributed by atoms with Gasteiger partial charge in [0.15, 0.2) is 23.7 Å². The standard InChI is InChI=1S/C20H20ClNO6/c1-12(28-20(24)13(2)27-16-6-4-15(21)5-7-16)19(23)22-10-14-3-8-17-18(9-14)26-11-25-17/h3-9,12-13H,10-11H2,1-2H3,(H,22,23)/t12-,13-/m1/s1. The van der Waals surface area contributed by atoms with Gasteiger partial charge in [0, 0.05) is 11.6 Å². The first-order valence-corrected chi connectivity index (χ1v) is 9.09. The molecule has 0 radical (unpaired) electrons. The third-order valence-electron chi connectivity index (χ3n) is 4.02. The quantitative estimate of drug-likeness (QED) is 0.713. The molecular formula is C20H20ClNO6. The van der Waals surface area contributed by atoms with Gasteiger partial charge in [0.1, 0.15) is 5.75 Å². The summed E-state index contributed by atoms with van der Waals surface area (Å²) in [5.41, 5.74) is 0.843. The van der Waals surface area contributed by atoms with Gasteiger partial charge in [-0.2, -0.15) is 0 Å². The summed E-state index contributed by atoms with van der Waals surface area (Å²) in [6.45, 7) is 3.51. The Morgan fingerprint density at radius 2 is 1.79 bits per heavy atom. The molecule has 1 aliphatic heterocycles. The molecule has 28 heavy (non-hydrogen) atoms. The Balaban J connectivity index is 1.46. The van der Waals surface area contributed by atoms with E-state index in [0.717, 1.165) is 5.56 Å². The highest BCUT2D eigenvalue weighted by Gasteiger charge is 2.23. The summed E-state index contributed by atoms with van der Waals surface area (Å²) in [6, 6.07) is 12.0. The van der Waals surface area contributed by atoms with Crippen molar-refractivity contribution in [1.82, 2.24) is 5.32 Å². The molecule has 0 unspecified atom stereocenters. The normalized spacial score (nSPS) is 14.1. The zero-order valence-corrected chi connectivity index (χ0v) is 16.2. The minimum Gasteiger partial charge on any atom is -0.479 e. The van der Waals surface area contributed by atoms with Crippen LogP contribution in [0, 0.1) is 0 Å². The second-order valence-electron chi connectivity index (χ2n) is 6.20. The fraction of sp³-hybridized carbons (Fsp3) is 0.300. The van der Waals surface area contributed by atoms with Crippen molar-refractivity contribution in [2.45, 2.75) is 32.6 Å². The Morgan fingerprint density at radius 3 is 2.54 bits per heavy atom. The summed E-state index contributed by atoms with van der Waals surface area (Å²) >= 11 is 5.81. The molecule has 1 aliphatic rings. The van der Waals surface area contributed by atoms with Crippen LogP contribution in [-0.4, -0.2) is 30.9 Å². The largest absolute Gasteiger partial charge is 0.479 e. The maximum Gasteiger partial charge on any atom is 0.347 e. The summed E-state index contributed by atoms with van der Waals surface area (Å²) < 4.78 is 21.2. The fourth-order valence-electron chi connectivity index (χ4n) is 2.47. The zero-order chi connectivity index (χ0) is 20.1. The van der Waals surface area contributed by atoms with Gasteiger partial charge in [0.25, 0.3) is 5.91 Å². The van der Waals surface area contributed by atoms with Crippen LogP contribution in [0.5, 0.6) is 17.2 Å². The SMILES string of the molecule is C[C@@H](OC(=O)[C@@H](C)Oc1ccc(Cl)cc1)C(=O)NCc1ccc2c(c1)OCO2. The Kier molecular flexibility index (Phi) is 6.26. The predicted molar refractivity (Wildman–Crippen MR) is 102 cm³/mol. The van der Waals surface area contributed by atoms with Crippen LogP contribution < -0.4 is 19.5 Å². The maximum atomic E-state index is 12.2. The summed E-state index contributed by atoms with van der Waals surface area (Å²) in [5.74, 6) is 0.741. The van der Waals surface area contributed by atoms with Gasteiger partial charge in [-0.25, -0.2) is 4.79 Å². The lowest BCUT2D eigenvalue weighted by Crippen LogP contribution is -2.38. The lowest BCUT2D eigenvalue weighted by Gasteiger charge is -2.18. The van der Waals surface area contributed by atoms with Gasteiger partial charge >= 0.3 is 5.97 Å². The molecule has 1 heterocycles. The number of halogens is 1. The van der Waals surface area contributed by atoms with Crippen LogP contribution in [0.2, 0.25) is 5.02 Å². The van der Waals surface area contributed by atoms with E-state index in [4.69, 9.17) is 30.5 Å². The predicted octanol–water partition coefficient (Wildman–Crippen LogP) is 3.08. The summed E-state index contributed by atoms with van der Waals surface area (Å²) in [6.07, 6.45) is -1.83. The lowest BCUT2D eigenvalue weighted by molar-refractivity contribution is -0.160. The van der Waals surface area contributed by atoms with E-state index in [-0.39, 0.29) is 13.3 Å². The highest BCUT2D eigenvalue weighted by Crippen LogP contribution is 2.32. The van der Waals surface area contributed by atoms with Gasteiger partial charge < -0.3 is 24.3 Å². The lowest BCUT2D eigenvalue weighted by atomic mass is 10.2. The molecule has 0 fully saturated rings. The molecular weight excluding hydrogens is 386 g/mol. The molecule has 3 rings (SSSR count). The number of rotatable bonds is 7. The third kappa shape index (κ3) is 5.07. The maximum absolute atomic E-state index is 12.2. The third-order valence-corrected chi connectivity index (χ3v) is 4.28. The Bertz CT molecular complexity index is 854. The summed E-state index contributed by atoms with van der Waals surface area (Å²) in [7, 11) is 0. The number of benzene rings is 2. The average Bonchev–Trinajstić information content (AvgIpc) is 3.15. The van der Waals surface area contributed by atoms with Crippen LogP contribution in [0.4, 0.5) is 0 Å². The van der Waals surface area contributed by atoms with E-state index in [1.54, 1.807) is 43.3 Å². The minimum absolute atomic E-state index is 0.189. The van der Waals surface area contributed by atoms with E-state index < -0.39 is 24.1 Å². The number of ether oxygens (including phenoxy) is 4. The fourth-order valence-corrected chi connectivity index (χ4v) is 2.60. The van der Waals surface area contributed by atoms with Crippen molar-refractivity contribution in [1.29, 1.82) is 0 Å². The molecule has 148 valence electrons. The van der Waals surface area contributed by atoms with Crippen LogP contribution in [0.3, 0.4) is 0 Å². The van der Waals surface area contributed by atoms with Crippen molar-refractivity contribution in [3.8, 4) is 17.2 Å². The van der Waals surface area contributed by atoms with Crippen molar-refractivity contribution >= 4 is 23.5 Å². The number of esters is 1. The topological polar surface area (TPSA) is 83.1 Å². The van der Waals surface area contributed by atoms with Gasteiger partial charge in [-0.1, -0.05) is 17.7 Å². The van der Waals surface area contributed by atoms with Crippen LogP contribution >= 0.6 is 11.6 Å². The molecule has 7 nitrogen and oxygen atoms in total. The Labute approximate surface area is 167 Å². The monoisotopic (exact) mass is 405 g/mol. The first-order chi connectivity index (χ1) is 13.4. The first-order valence-electron chi connectivity index (χ1n) is 8.71. The molecule has 1 amide bonds. The van der Waals surface area contributed by atoms with Crippen molar-refractivity contribution in [2.75, 3.05) is 6.79 Å². The van der Waals surface area contributed by atoms with Crippen molar-refractivity contribution in [3.63, 3.8) is 0 Å². The van der Waals surface area contributed by atoms with Gasteiger partial charge in [0.2, 0.25) is 6.79 Å². The molecule has 0 spiro atoms. The number of carbonyl (C=O) groups excluding carboxylic acids is 2. The zero-order valence-electron chi connectivity index (χ0n) is 15.4. The molecule has 0 saturated heterocycles. The molecule has 2 atom stereocenters. The number of nitrogens with one attached hydrogen (secondary N) is 1. The number of hydrogen-bond acceptors (Lipinski definition) is 6. The highest BCUT2D eigenvalue weighted by atomic mass is 35.5. The average molecular weight is 406 g/mol. The van der Waals surface area contributed by atoms with E-state index in [1.807, 2.05) is 6.07 Å². The van der Waals surface area contributed by atoms with Gasteiger partial charge in [-0.15, -0.1) is 0 Å². The van der Waals surface area contributed by atoms with Crippen molar-refractivity contribution in [2.24, 2.45) is 0 Å². The van der Waals surface area contributed by atoms with Crippen LogP contribution in [0.25, 0.3) is 0 Å². The van der Waals surface area contributed by atoms with Gasteiger partial charge in [-0.3, -0.25) is 4.79 Å². The van der Waals surface area contributed by atoms with Gasteiger partial charge in [-0.05, 0) is 55.8 Å². The van der Waals surface area contributed by atoms with E-state index >= 15 is 0 Å². The van der Waals surface area contributed by atoms with E-state index in [1.165, 1.54) is 6.92 Å². The Morgan fingerprint density at radius 1 is 1.07 bits per heavy atom. The van der Waals surface area contributed by atoms with E-state index in [9.17, 15) is 9.59 Å². The molecule has 0 saturated carbocycles. The number of amides is 1. The molecule has 2 aromatic carbocycles. The molecule has 0 aliphatic carbocycles. The summed E-state index contributed by atoms with van der Waals surface area (Å²) in [4.78, 5) is 24.4. The van der Waals surface area contributed by atoms with Crippen LogP contribution in [-0.2, 0) is 20.9 Å². The number of carbonyl (C=O) groups is 2. The molecule has 8 heteroatoms. The minimum atomic E-state index is -0.960. The van der Waals surface area contributed by atoms with Crippen molar-refractivity contribution < 1.29 is 28.5 Å². The van der Waals surface area contributed by atoms with Crippen LogP contribution in [0.15, 0.2) is 42.5 Å². The highest BCUT2D eigenvalue weighted by molar-refractivity contribution is 6.30.